The van der Waals surface area contributed by atoms with E-state index in [1.807, 2.05) is 24.3 Å². The lowest BCUT2D eigenvalue weighted by Gasteiger charge is -1.90. The Kier molecular flexibility index (Phi) is 6.09. The molecule has 0 aliphatic rings. The van der Waals surface area contributed by atoms with Crippen molar-refractivity contribution in [3.63, 3.8) is 0 Å². The molecule has 0 unspecified atom stereocenters. The summed E-state index contributed by atoms with van der Waals surface area (Å²) in [6.45, 7) is 17.0. The van der Waals surface area contributed by atoms with Gasteiger partial charge in [-0.25, -0.2) is 9.69 Å². The van der Waals surface area contributed by atoms with Crippen LogP contribution >= 0.6 is 15.9 Å². The maximum Gasteiger partial charge on any atom is 0.188 e. The van der Waals surface area contributed by atoms with Gasteiger partial charge in [0.05, 0.1) is 13.1 Å². The lowest BCUT2D eigenvalue weighted by Crippen LogP contribution is -1.66. The summed E-state index contributed by atoms with van der Waals surface area (Å²) in [4.78, 5) is 6.53. The van der Waals surface area contributed by atoms with Crippen molar-refractivity contribution in [2.45, 2.75) is 0 Å². The Morgan fingerprint density at radius 1 is 0.947 bits per heavy atom. The average Bonchev–Trinajstić information content (AvgIpc) is 2.48. The van der Waals surface area contributed by atoms with Crippen LogP contribution in [0.5, 0.6) is 0 Å². The van der Waals surface area contributed by atoms with Gasteiger partial charge in [0.25, 0.3) is 0 Å². The Labute approximate surface area is 121 Å². The van der Waals surface area contributed by atoms with Gasteiger partial charge in [0.1, 0.15) is 0 Å². The smallest absolute Gasteiger partial charge is 0.188 e. The fourth-order valence-electron chi connectivity index (χ4n) is 1.27. The molecule has 0 fully saturated rings. The van der Waals surface area contributed by atoms with Gasteiger partial charge < -0.3 is 0 Å². The SMILES string of the molecule is [C-]#[N+]c1cccc(Br)c1.[C-]#[N+]c1cccc(C=C)c1. The summed E-state index contributed by atoms with van der Waals surface area (Å²) in [7, 11) is 0. The van der Waals surface area contributed by atoms with Crippen molar-refractivity contribution in [3.05, 3.63) is 88.0 Å². The molecule has 0 saturated carbocycles. The maximum absolute atomic E-state index is 6.71. The molecule has 0 amide bonds. The molecule has 2 aromatic rings. The molecule has 3 heteroatoms. The minimum atomic E-state index is 0.664. The molecular weight excluding hydrogens is 300 g/mol. The van der Waals surface area contributed by atoms with Crippen LogP contribution in [0.4, 0.5) is 11.4 Å². The number of rotatable bonds is 1. The van der Waals surface area contributed by atoms with E-state index < -0.39 is 0 Å². The summed E-state index contributed by atoms with van der Waals surface area (Å²) in [5.41, 5.74) is 2.33. The Morgan fingerprint density at radius 3 is 2.00 bits per heavy atom. The van der Waals surface area contributed by atoms with Gasteiger partial charge in [-0.05, 0) is 17.7 Å². The molecule has 0 saturated heterocycles. The molecule has 2 rings (SSSR count). The number of halogens is 1. The average molecular weight is 311 g/mol. The minimum Gasteiger partial charge on any atom is -0.238 e. The van der Waals surface area contributed by atoms with Crippen molar-refractivity contribution in [1.29, 1.82) is 0 Å². The summed E-state index contributed by atoms with van der Waals surface area (Å²) in [6.07, 6.45) is 1.73. The predicted octanol–water partition coefficient (Wildman–Crippen LogP) is 5.88. The highest BCUT2D eigenvalue weighted by atomic mass is 79.9. The fourth-order valence-corrected chi connectivity index (χ4v) is 1.65. The molecule has 0 atom stereocenters. The molecule has 0 N–H and O–H groups in total. The minimum absolute atomic E-state index is 0.664. The van der Waals surface area contributed by atoms with Crippen molar-refractivity contribution < 1.29 is 0 Å². The molecule has 2 aromatic carbocycles. The van der Waals surface area contributed by atoms with Crippen LogP contribution in [0.2, 0.25) is 0 Å². The number of hydrogen-bond acceptors (Lipinski definition) is 0. The number of hydrogen-bond donors (Lipinski definition) is 0. The zero-order valence-electron chi connectivity index (χ0n) is 10.2. The third kappa shape index (κ3) is 5.21. The first-order valence-electron chi connectivity index (χ1n) is 5.42. The van der Waals surface area contributed by atoms with Gasteiger partial charge in [0.2, 0.25) is 0 Å². The van der Waals surface area contributed by atoms with Crippen LogP contribution in [0.1, 0.15) is 5.56 Å². The van der Waals surface area contributed by atoms with Gasteiger partial charge in [0, 0.05) is 4.47 Å². The normalized spacial score (nSPS) is 8.37. The van der Waals surface area contributed by atoms with Gasteiger partial charge in [0.15, 0.2) is 11.4 Å². The van der Waals surface area contributed by atoms with E-state index in [9.17, 15) is 0 Å². The van der Waals surface area contributed by atoms with Crippen LogP contribution in [0.3, 0.4) is 0 Å². The topological polar surface area (TPSA) is 8.72 Å². The van der Waals surface area contributed by atoms with E-state index in [4.69, 9.17) is 13.1 Å². The molecule has 0 aromatic heterocycles. The molecule has 0 radical (unpaired) electrons. The molecule has 92 valence electrons. The Bertz CT molecular complexity index is 648. The molecule has 19 heavy (non-hydrogen) atoms. The van der Waals surface area contributed by atoms with Crippen molar-refractivity contribution in [2.24, 2.45) is 0 Å². The molecule has 0 heterocycles. The number of nitrogens with zero attached hydrogens (tertiary/aromatic N) is 2. The van der Waals surface area contributed by atoms with Crippen molar-refractivity contribution in [2.75, 3.05) is 0 Å². The van der Waals surface area contributed by atoms with Crippen LogP contribution < -0.4 is 0 Å². The lowest BCUT2D eigenvalue weighted by molar-refractivity contribution is 1.66. The number of benzene rings is 2. The summed E-state index contributed by atoms with van der Waals surface area (Å²) in [5, 5.41) is 0. The first-order chi connectivity index (χ1) is 9.19. The maximum atomic E-state index is 6.71. The monoisotopic (exact) mass is 310 g/mol. The molecule has 2 nitrogen and oxygen atoms in total. The Morgan fingerprint density at radius 2 is 1.53 bits per heavy atom. The van der Waals surface area contributed by atoms with E-state index in [0.717, 1.165) is 10.0 Å². The first kappa shape index (κ1) is 14.7. The van der Waals surface area contributed by atoms with E-state index in [1.54, 1.807) is 30.3 Å². The van der Waals surface area contributed by atoms with Crippen molar-refractivity contribution in [3.8, 4) is 0 Å². The molecule has 0 bridgehead atoms. The van der Waals surface area contributed by atoms with Crippen LogP contribution in [0.15, 0.2) is 59.6 Å². The quantitative estimate of drug-likeness (QED) is 0.581. The molecule has 0 aliphatic heterocycles. The zero-order chi connectivity index (χ0) is 14.1. The second kappa shape index (κ2) is 7.87. The van der Waals surface area contributed by atoms with E-state index in [0.29, 0.717) is 11.4 Å². The molecular formula is C16H11BrN2. The van der Waals surface area contributed by atoms with Crippen molar-refractivity contribution >= 4 is 33.4 Å². The van der Waals surface area contributed by atoms with Gasteiger partial charge in [-0.15, -0.1) is 0 Å². The van der Waals surface area contributed by atoms with E-state index in [-0.39, 0.29) is 0 Å². The third-order valence-electron chi connectivity index (χ3n) is 2.17. The second-order valence-electron chi connectivity index (χ2n) is 3.50. The summed E-state index contributed by atoms with van der Waals surface area (Å²) >= 11 is 3.26. The summed E-state index contributed by atoms with van der Waals surface area (Å²) in [5.74, 6) is 0. The zero-order valence-corrected chi connectivity index (χ0v) is 11.8. The third-order valence-corrected chi connectivity index (χ3v) is 2.67. The van der Waals surface area contributed by atoms with Gasteiger partial charge >= 0.3 is 0 Å². The fraction of sp³-hybridized carbons (Fsp3) is 0. The highest BCUT2D eigenvalue weighted by Gasteiger charge is 1.88. The summed E-state index contributed by atoms with van der Waals surface area (Å²) in [6, 6.07) is 14.7. The second-order valence-corrected chi connectivity index (χ2v) is 4.42. The Hall–Kier alpha value is -2.36. The van der Waals surface area contributed by atoms with E-state index >= 15 is 0 Å². The van der Waals surface area contributed by atoms with E-state index in [1.165, 1.54) is 0 Å². The van der Waals surface area contributed by atoms with Gasteiger partial charge in [-0.1, -0.05) is 65.0 Å². The highest BCUT2D eigenvalue weighted by Crippen LogP contribution is 2.17. The standard InChI is InChI=1S/C9H7N.C7H4BrN/c1-3-8-5-4-6-9(7-8)10-2;1-9-7-4-2-3-6(8)5-7/h3-7H,1H2;2-5H. The van der Waals surface area contributed by atoms with Crippen LogP contribution in [-0.4, -0.2) is 0 Å². The highest BCUT2D eigenvalue weighted by molar-refractivity contribution is 9.10. The van der Waals surface area contributed by atoms with Crippen LogP contribution in [0, 0.1) is 13.1 Å². The Balaban J connectivity index is 0.000000191. The summed E-state index contributed by atoms with van der Waals surface area (Å²) < 4.78 is 0.955. The van der Waals surface area contributed by atoms with Gasteiger partial charge in [-0.3, -0.25) is 0 Å². The molecule has 0 spiro atoms. The first-order valence-corrected chi connectivity index (χ1v) is 6.22. The lowest BCUT2D eigenvalue weighted by atomic mass is 10.2. The molecule has 0 aliphatic carbocycles. The predicted molar refractivity (Wildman–Crippen MR) is 83.2 cm³/mol. The van der Waals surface area contributed by atoms with Crippen molar-refractivity contribution in [1.82, 2.24) is 0 Å². The van der Waals surface area contributed by atoms with Gasteiger partial charge in [-0.2, -0.15) is 0 Å². The van der Waals surface area contributed by atoms with Crippen LogP contribution in [0.25, 0.3) is 15.8 Å². The van der Waals surface area contributed by atoms with Crippen LogP contribution in [-0.2, 0) is 0 Å². The largest absolute Gasteiger partial charge is 0.238 e. The van der Waals surface area contributed by atoms with E-state index in [2.05, 4.69) is 32.2 Å².